The molecule has 1 aromatic carbocycles. The maximum absolute atomic E-state index is 8.55. The van der Waals surface area contributed by atoms with Gasteiger partial charge in [-0.05, 0) is 30.7 Å². The van der Waals surface area contributed by atoms with Gasteiger partial charge < -0.3 is 4.74 Å². The van der Waals surface area contributed by atoms with Crippen molar-refractivity contribution in [2.24, 2.45) is 0 Å². The van der Waals surface area contributed by atoms with Crippen molar-refractivity contribution in [3.63, 3.8) is 0 Å². The van der Waals surface area contributed by atoms with E-state index in [1.54, 1.807) is 0 Å². The van der Waals surface area contributed by atoms with E-state index in [0.717, 1.165) is 16.6 Å². The summed E-state index contributed by atoms with van der Waals surface area (Å²) in [7, 11) is 0. The van der Waals surface area contributed by atoms with Crippen molar-refractivity contribution in [2.45, 2.75) is 25.9 Å². The smallest absolute Gasteiger partial charge is 0.119 e. The minimum atomic E-state index is 0.00109. The molecule has 0 radical (unpaired) electrons. The molecule has 0 fully saturated rings. The van der Waals surface area contributed by atoms with E-state index in [4.69, 9.17) is 10.00 Å². The summed E-state index contributed by atoms with van der Waals surface area (Å²) in [4.78, 5) is 0. The maximum Gasteiger partial charge on any atom is 0.119 e. The molecule has 0 aliphatic rings. The fourth-order valence-electron chi connectivity index (χ4n) is 1.08. The first kappa shape index (κ1) is 11.1. The van der Waals surface area contributed by atoms with Crippen LogP contribution in [0.25, 0.3) is 0 Å². The lowest BCUT2D eigenvalue weighted by molar-refractivity contribution is 0.202. The van der Waals surface area contributed by atoms with Crippen LogP contribution in [0.4, 0.5) is 0 Å². The standard InChI is InChI=1S/C11H12BrNO/c1-2-10(7-8-13)14-11-5-3-9(12)4-6-11/h3-6,10H,2,7H2,1H3. The molecular weight excluding hydrogens is 242 g/mol. The summed E-state index contributed by atoms with van der Waals surface area (Å²) in [5, 5.41) is 8.55. The number of ether oxygens (including phenoxy) is 1. The van der Waals surface area contributed by atoms with E-state index in [9.17, 15) is 0 Å². The Kier molecular flexibility index (Phi) is 4.48. The zero-order valence-electron chi connectivity index (χ0n) is 8.03. The zero-order chi connectivity index (χ0) is 10.4. The van der Waals surface area contributed by atoms with Gasteiger partial charge in [-0.15, -0.1) is 0 Å². The first-order chi connectivity index (χ1) is 6.76. The average molecular weight is 254 g/mol. The summed E-state index contributed by atoms with van der Waals surface area (Å²) in [6, 6.07) is 9.75. The van der Waals surface area contributed by atoms with Crippen LogP contribution >= 0.6 is 15.9 Å². The van der Waals surface area contributed by atoms with Crippen molar-refractivity contribution in [3.8, 4) is 11.8 Å². The molecule has 14 heavy (non-hydrogen) atoms. The average Bonchev–Trinajstić information content (AvgIpc) is 2.20. The van der Waals surface area contributed by atoms with Crippen molar-refractivity contribution in [2.75, 3.05) is 0 Å². The Morgan fingerprint density at radius 3 is 2.57 bits per heavy atom. The van der Waals surface area contributed by atoms with Crippen LogP contribution in [0.5, 0.6) is 5.75 Å². The van der Waals surface area contributed by atoms with Crippen molar-refractivity contribution < 1.29 is 4.74 Å². The lowest BCUT2D eigenvalue weighted by atomic mass is 10.2. The largest absolute Gasteiger partial charge is 0.489 e. The van der Waals surface area contributed by atoms with Crippen LogP contribution in [0.15, 0.2) is 28.7 Å². The van der Waals surface area contributed by atoms with Gasteiger partial charge in [0, 0.05) is 4.47 Å². The first-order valence-corrected chi connectivity index (χ1v) is 5.34. The Hall–Kier alpha value is -1.01. The van der Waals surface area contributed by atoms with Crippen LogP contribution in [0.2, 0.25) is 0 Å². The van der Waals surface area contributed by atoms with E-state index < -0.39 is 0 Å². The molecule has 1 unspecified atom stereocenters. The highest BCUT2D eigenvalue weighted by atomic mass is 79.9. The van der Waals surface area contributed by atoms with Crippen LogP contribution < -0.4 is 4.74 Å². The van der Waals surface area contributed by atoms with Crippen LogP contribution in [0, 0.1) is 11.3 Å². The van der Waals surface area contributed by atoms with Gasteiger partial charge in [-0.3, -0.25) is 0 Å². The molecule has 0 bridgehead atoms. The highest BCUT2D eigenvalue weighted by Crippen LogP contribution is 2.18. The van der Waals surface area contributed by atoms with E-state index in [1.165, 1.54) is 0 Å². The third kappa shape index (κ3) is 3.39. The van der Waals surface area contributed by atoms with Crippen molar-refractivity contribution in [1.82, 2.24) is 0 Å². The number of hydrogen-bond donors (Lipinski definition) is 0. The molecular formula is C11H12BrNO. The number of benzene rings is 1. The van der Waals surface area contributed by atoms with Gasteiger partial charge in [0.2, 0.25) is 0 Å². The Bertz CT molecular complexity index is 315. The van der Waals surface area contributed by atoms with Crippen LogP contribution in [-0.2, 0) is 0 Å². The SMILES string of the molecule is CCC(CC#N)Oc1ccc(Br)cc1. The van der Waals surface area contributed by atoms with Gasteiger partial charge in [-0.2, -0.15) is 5.26 Å². The Morgan fingerprint density at radius 1 is 1.43 bits per heavy atom. The minimum Gasteiger partial charge on any atom is -0.489 e. The number of nitrogens with zero attached hydrogens (tertiary/aromatic N) is 1. The lowest BCUT2D eigenvalue weighted by Crippen LogP contribution is -2.14. The summed E-state index contributed by atoms with van der Waals surface area (Å²) in [5.41, 5.74) is 0. The number of rotatable bonds is 4. The minimum absolute atomic E-state index is 0.00109. The molecule has 0 aromatic heterocycles. The van der Waals surface area contributed by atoms with Gasteiger partial charge in [0.15, 0.2) is 0 Å². The second-order valence-electron chi connectivity index (χ2n) is 2.96. The molecule has 0 amide bonds. The predicted molar refractivity (Wildman–Crippen MR) is 59.1 cm³/mol. The van der Waals surface area contributed by atoms with E-state index in [0.29, 0.717) is 6.42 Å². The van der Waals surface area contributed by atoms with Gasteiger partial charge in [0.05, 0.1) is 12.5 Å². The van der Waals surface area contributed by atoms with Crippen LogP contribution in [-0.4, -0.2) is 6.10 Å². The Balaban J connectivity index is 2.59. The van der Waals surface area contributed by atoms with E-state index in [1.807, 2.05) is 31.2 Å². The molecule has 0 spiro atoms. The molecule has 0 saturated heterocycles. The second kappa shape index (κ2) is 5.66. The monoisotopic (exact) mass is 253 g/mol. The van der Waals surface area contributed by atoms with Crippen LogP contribution in [0.1, 0.15) is 19.8 Å². The molecule has 0 saturated carbocycles. The number of halogens is 1. The van der Waals surface area contributed by atoms with Gasteiger partial charge in [0.1, 0.15) is 11.9 Å². The first-order valence-electron chi connectivity index (χ1n) is 4.55. The number of nitriles is 1. The highest BCUT2D eigenvalue weighted by Gasteiger charge is 2.06. The zero-order valence-corrected chi connectivity index (χ0v) is 9.62. The second-order valence-corrected chi connectivity index (χ2v) is 3.88. The summed E-state index contributed by atoms with van der Waals surface area (Å²) >= 11 is 3.35. The van der Waals surface area contributed by atoms with Gasteiger partial charge >= 0.3 is 0 Å². The Labute approximate surface area is 92.6 Å². The van der Waals surface area contributed by atoms with Gasteiger partial charge in [0.25, 0.3) is 0 Å². The fourth-order valence-corrected chi connectivity index (χ4v) is 1.34. The quantitative estimate of drug-likeness (QED) is 0.823. The third-order valence-electron chi connectivity index (χ3n) is 1.89. The fraction of sp³-hybridized carbons (Fsp3) is 0.364. The molecule has 1 rings (SSSR count). The lowest BCUT2D eigenvalue weighted by Gasteiger charge is -2.14. The molecule has 1 aromatic rings. The maximum atomic E-state index is 8.55. The summed E-state index contributed by atoms with van der Waals surface area (Å²) < 4.78 is 6.64. The summed E-state index contributed by atoms with van der Waals surface area (Å²) in [6.45, 7) is 2.01. The summed E-state index contributed by atoms with van der Waals surface area (Å²) in [6.07, 6.45) is 1.29. The van der Waals surface area contributed by atoms with E-state index in [2.05, 4.69) is 22.0 Å². The molecule has 74 valence electrons. The number of hydrogen-bond acceptors (Lipinski definition) is 2. The highest BCUT2D eigenvalue weighted by molar-refractivity contribution is 9.10. The molecule has 3 heteroatoms. The predicted octanol–water partition coefficient (Wildman–Crippen LogP) is 3.52. The molecule has 0 N–H and O–H groups in total. The summed E-state index contributed by atoms with van der Waals surface area (Å²) in [5.74, 6) is 0.815. The molecule has 0 heterocycles. The van der Waals surface area contributed by atoms with Crippen LogP contribution in [0.3, 0.4) is 0 Å². The van der Waals surface area contributed by atoms with Crippen molar-refractivity contribution in [1.29, 1.82) is 5.26 Å². The molecule has 0 aliphatic carbocycles. The molecule has 0 aliphatic heterocycles. The molecule has 1 atom stereocenters. The van der Waals surface area contributed by atoms with Gasteiger partial charge in [-0.1, -0.05) is 22.9 Å². The van der Waals surface area contributed by atoms with Crippen molar-refractivity contribution >= 4 is 15.9 Å². The van der Waals surface area contributed by atoms with Gasteiger partial charge in [-0.25, -0.2) is 0 Å². The van der Waals surface area contributed by atoms with Crippen molar-refractivity contribution in [3.05, 3.63) is 28.7 Å². The normalized spacial score (nSPS) is 11.8. The topological polar surface area (TPSA) is 33.0 Å². The molecule has 2 nitrogen and oxygen atoms in total. The third-order valence-corrected chi connectivity index (χ3v) is 2.42. The van der Waals surface area contributed by atoms with E-state index >= 15 is 0 Å². The van der Waals surface area contributed by atoms with E-state index in [-0.39, 0.29) is 6.10 Å². The Morgan fingerprint density at radius 2 is 2.07 bits per heavy atom.